The van der Waals surface area contributed by atoms with Gasteiger partial charge in [-0.2, -0.15) is 10.1 Å². The maximum absolute atomic E-state index is 11.4. The number of nitrogens with two attached hydrogens (primary N) is 1. The minimum atomic E-state index is -0.280. The van der Waals surface area contributed by atoms with Crippen molar-refractivity contribution in [2.45, 2.75) is 0 Å². The van der Waals surface area contributed by atoms with Gasteiger partial charge in [0.1, 0.15) is 5.84 Å². The lowest BCUT2D eigenvalue weighted by molar-refractivity contribution is 0.268. The summed E-state index contributed by atoms with van der Waals surface area (Å²) < 4.78 is 1.96. The van der Waals surface area contributed by atoms with Crippen LogP contribution in [0.25, 0.3) is 34.3 Å². The highest BCUT2D eigenvalue weighted by Gasteiger charge is 2.18. The van der Waals surface area contributed by atoms with Gasteiger partial charge in [-0.25, -0.2) is 4.68 Å². The Morgan fingerprint density at radius 1 is 0.839 bits per heavy atom. The number of hydrogen-bond acceptors (Lipinski definition) is 4. The molecule has 150 valence electrons. The van der Waals surface area contributed by atoms with Crippen LogP contribution in [0.2, 0.25) is 0 Å². The fourth-order valence-electron chi connectivity index (χ4n) is 3.43. The molecular formula is C25H18N4OS. The van der Waals surface area contributed by atoms with Crippen molar-refractivity contribution in [3.8, 4) is 28.2 Å². The second kappa shape index (κ2) is 8.08. The number of amides is 1. The van der Waals surface area contributed by atoms with E-state index >= 15 is 0 Å². The van der Waals surface area contributed by atoms with Gasteiger partial charge in [-0.3, -0.25) is 4.79 Å². The molecule has 0 spiro atoms. The standard InChI is InChI=1S/C25H18N4OS/c26-24-23(31-25(30)27-24)15-17-11-13-20(14-12-17)29-22(19-9-5-2-6-10-19)16-21(28-29)18-7-3-1-4-8-18/h1-16H,(H2,26,27,30). The number of carbonyl (C=O) groups excluding carboxylic acids is 1. The smallest absolute Gasteiger partial charge is 0.311 e. The Morgan fingerprint density at radius 3 is 2.10 bits per heavy atom. The lowest BCUT2D eigenvalue weighted by Gasteiger charge is -2.08. The molecule has 0 unspecified atom stereocenters. The summed E-state index contributed by atoms with van der Waals surface area (Å²) in [7, 11) is 0. The third kappa shape index (κ3) is 3.93. The minimum absolute atomic E-state index is 0.269. The second-order valence-corrected chi connectivity index (χ2v) is 8.02. The van der Waals surface area contributed by atoms with Crippen LogP contribution in [0.5, 0.6) is 0 Å². The fourth-order valence-corrected chi connectivity index (χ4v) is 4.11. The first-order valence-electron chi connectivity index (χ1n) is 9.77. The number of carbonyl (C=O) groups is 1. The Morgan fingerprint density at radius 2 is 1.48 bits per heavy atom. The average molecular weight is 423 g/mol. The zero-order valence-corrected chi connectivity index (χ0v) is 17.3. The first kappa shape index (κ1) is 19.1. The average Bonchev–Trinajstić information content (AvgIpc) is 3.39. The molecule has 31 heavy (non-hydrogen) atoms. The van der Waals surface area contributed by atoms with Crippen molar-refractivity contribution in [3.63, 3.8) is 0 Å². The zero-order valence-electron chi connectivity index (χ0n) is 16.5. The Kier molecular flexibility index (Phi) is 4.98. The third-order valence-corrected chi connectivity index (χ3v) is 5.76. The van der Waals surface area contributed by atoms with E-state index in [0.717, 1.165) is 45.5 Å². The Hall–Kier alpha value is -3.90. The van der Waals surface area contributed by atoms with Gasteiger partial charge in [0, 0.05) is 11.1 Å². The van der Waals surface area contributed by atoms with Gasteiger partial charge in [0.2, 0.25) is 0 Å². The molecule has 6 heteroatoms. The van der Waals surface area contributed by atoms with E-state index in [1.807, 2.05) is 71.4 Å². The molecule has 1 aliphatic heterocycles. The van der Waals surface area contributed by atoms with Crippen molar-refractivity contribution in [2.24, 2.45) is 10.7 Å². The predicted molar refractivity (Wildman–Crippen MR) is 127 cm³/mol. The maximum atomic E-state index is 11.4. The highest BCUT2D eigenvalue weighted by molar-refractivity contribution is 8.18. The van der Waals surface area contributed by atoms with Gasteiger partial charge in [-0.15, -0.1) is 0 Å². The van der Waals surface area contributed by atoms with Crippen LogP contribution in [-0.4, -0.2) is 20.9 Å². The van der Waals surface area contributed by atoms with E-state index in [1.165, 1.54) is 0 Å². The zero-order chi connectivity index (χ0) is 21.2. The number of aromatic nitrogens is 2. The second-order valence-electron chi connectivity index (χ2n) is 7.02. The van der Waals surface area contributed by atoms with Gasteiger partial charge >= 0.3 is 5.24 Å². The maximum Gasteiger partial charge on any atom is 0.311 e. The summed E-state index contributed by atoms with van der Waals surface area (Å²) in [5.41, 5.74) is 11.8. The molecule has 0 saturated carbocycles. The summed E-state index contributed by atoms with van der Waals surface area (Å²) in [6, 6.07) is 30.5. The number of benzene rings is 3. The van der Waals surface area contributed by atoms with Gasteiger partial charge in [-0.1, -0.05) is 72.8 Å². The molecule has 0 bridgehead atoms. The van der Waals surface area contributed by atoms with Crippen LogP contribution in [0.15, 0.2) is 101 Å². The predicted octanol–water partition coefficient (Wildman–Crippen LogP) is 5.77. The number of hydrogen-bond donors (Lipinski definition) is 1. The lowest BCUT2D eigenvalue weighted by atomic mass is 10.1. The van der Waals surface area contributed by atoms with Crippen LogP contribution in [0.4, 0.5) is 4.79 Å². The van der Waals surface area contributed by atoms with Gasteiger partial charge in [-0.05, 0) is 41.6 Å². The summed E-state index contributed by atoms with van der Waals surface area (Å²) in [5.74, 6) is 0.269. The van der Waals surface area contributed by atoms with E-state index in [-0.39, 0.29) is 11.1 Å². The number of thioether (sulfide) groups is 1. The topological polar surface area (TPSA) is 73.3 Å². The molecule has 0 fully saturated rings. The largest absolute Gasteiger partial charge is 0.383 e. The summed E-state index contributed by atoms with van der Waals surface area (Å²) in [5, 5.41) is 4.62. The number of nitrogens with zero attached hydrogens (tertiary/aromatic N) is 3. The van der Waals surface area contributed by atoms with Gasteiger partial charge in [0.25, 0.3) is 0 Å². The Labute approximate surface area is 183 Å². The fraction of sp³-hybridized carbons (Fsp3) is 0. The number of amidine groups is 1. The molecule has 2 heterocycles. The van der Waals surface area contributed by atoms with Gasteiger partial charge in [0.05, 0.1) is 22.0 Å². The van der Waals surface area contributed by atoms with Crippen LogP contribution in [0.3, 0.4) is 0 Å². The van der Waals surface area contributed by atoms with Gasteiger partial charge < -0.3 is 5.73 Å². The third-order valence-electron chi connectivity index (χ3n) is 4.95. The lowest BCUT2D eigenvalue weighted by Crippen LogP contribution is -2.08. The molecule has 0 atom stereocenters. The van der Waals surface area contributed by atoms with Crippen molar-refractivity contribution in [2.75, 3.05) is 0 Å². The molecule has 0 aliphatic carbocycles. The molecule has 1 aliphatic rings. The molecule has 0 radical (unpaired) electrons. The number of rotatable bonds is 4. The van der Waals surface area contributed by atoms with Crippen LogP contribution < -0.4 is 5.73 Å². The van der Waals surface area contributed by atoms with Crippen LogP contribution in [0.1, 0.15) is 5.56 Å². The van der Waals surface area contributed by atoms with Crippen molar-refractivity contribution in [3.05, 3.63) is 101 Å². The molecule has 5 rings (SSSR count). The molecule has 4 aromatic rings. The highest BCUT2D eigenvalue weighted by atomic mass is 32.2. The van der Waals surface area contributed by atoms with Crippen LogP contribution in [-0.2, 0) is 0 Å². The molecule has 5 nitrogen and oxygen atoms in total. The normalized spacial score (nSPS) is 14.8. The van der Waals surface area contributed by atoms with Crippen molar-refractivity contribution in [1.29, 1.82) is 0 Å². The van der Waals surface area contributed by atoms with Gasteiger partial charge in [0.15, 0.2) is 0 Å². The molecule has 2 N–H and O–H groups in total. The van der Waals surface area contributed by atoms with Crippen molar-refractivity contribution >= 4 is 28.9 Å². The quantitative estimate of drug-likeness (QED) is 0.453. The van der Waals surface area contributed by atoms with E-state index in [1.54, 1.807) is 0 Å². The molecule has 1 aromatic heterocycles. The summed E-state index contributed by atoms with van der Waals surface area (Å²) in [6.45, 7) is 0. The Balaban J connectivity index is 1.55. The minimum Gasteiger partial charge on any atom is -0.383 e. The Bertz CT molecular complexity index is 1310. The highest BCUT2D eigenvalue weighted by Crippen LogP contribution is 2.30. The van der Waals surface area contributed by atoms with E-state index in [0.29, 0.717) is 4.91 Å². The van der Waals surface area contributed by atoms with E-state index < -0.39 is 0 Å². The molecule has 3 aromatic carbocycles. The monoisotopic (exact) mass is 422 g/mol. The summed E-state index contributed by atoms with van der Waals surface area (Å²) in [4.78, 5) is 15.8. The van der Waals surface area contributed by atoms with Crippen molar-refractivity contribution in [1.82, 2.24) is 9.78 Å². The first-order chi connectivity index (χ1) is 15.2. The van der Waals surface area contributed by atoms with E-state index in [2.05, 4.69) is 35.3 Å². The van der Waals surface area contributed by atoms with Crippen molar-refractivity contribution < 1.29 is 4.79 Å². The summed E-state index contributed by atoms with van der Waals surface area (Å²) >= 11 is 1.05. The summed E-state index contributed by atoms with van der Waals surface area (Å²) in [6.07, 6.45) is 1.87. The van der Waals surface area contributed by atoms with E-state index in [9.17, 15) is 4.79 Å². The first-order valence-corrected chi connectivity index (χ1v) is 10.6. The van der Waals surface area contributed by atoms with E-state index in [4.69, 9.17) is 10.8 Å². The molecule has 1 amide bonds. The number of aliphatic imine (C=N–C) groups is 1. The molecule has 0 saturated heterocycles. The SMILES string of the molecule is NC1=NC(=O)SC1=Cc1ccc(-n2nc(-c3ccccc3)cc2-c2ccccc2)cc1. The van der Waals surface area contributed by atoms with Crippen LogP contribution in [0, 0.1) is 0 Å². The molecular weight excluding hydrogens is 404 g/mol. The van der Waals surface area contributed by atoms with Crippen LogP contribution >= 0.6 is 11.8 Å².